The summed E-state index contributed by atoms with van der Waals surface area (Å²) in [6.07, 6.45) is -0.359. The lowest BCUT2D eigenvalue weighted by Gasteiger charge is -2.34. The number of hydrogen-bond donors (Lipinski definition) is 0. The van der Waals surface area contributed by atoms with Crippen LogP contribution in [0.1, 0.15) is 56.7 Å². The minimum atomic E-state index is -3.67. The number of morpholine rings is 1. The summed E-state index contributed by atoms with van der Waals surface area (Å²) in [6, 6.07) is 5.66. The molecule has 1 aromatic heterocycles. The van der Waals surface area contributed by atoms with Gasteiger partial charge < -0.3 is 14.0 Å². The van der Waals surface area contributed by atoms with Gasteiger partial charge in [-0.15, -0.1) is 0 Å². The van der Waals surface area contributed by atoms with E-state index in [0.29, 0.717) is 5.82 Å². The lowest BCUT2D eigenvalue weighted by Crippen LogP contribution is -2.48. The van der Waals surface area contributed by atoms with E-state index in [1.54, 1.807) is 0 Å². The monoisotopic (exact) mass is 437 g/mol. The molecule has 1 saturated heterocycles. The third kappa shape index (κ3) is 5.05. The van der Waals surface area contributed by atoms with Gasteiger partial charge in [0.05, 0.1) is 22.7 Å². The van der Waals surface area contributed by atoms with Gasteiger partial charge in [-0.05, 0) is 38.1 Å². The first-order chi connectivity index (χ1) is 14.0. The molecule has 30 heavy (non-hydrogen) atoms. The standard InChI is InChI=1S/C20H27N3O6S/c1-13-10-23(11-14(2)28-13)30(25,26)16-8-6-15(7-9-16)18(24)27-12-17-21-19(22-29-17)20(3,4)5/h6-9,13-14H,10-12H2,1-5H3. The fraction of sp³-hybridized carbons (Fsp3) is 0.550. The minimum Gasteiger partial charge on any atom is -0.452 e. The molecule has 3 rings (SSSR count). The zero-order valence-corrected chi connectivity index (χ0v) is 18.6. The summed E-state index contributed by atoms with van der Waals surface area (Å²) in [7, 11) is -3.67. The van der Waals surface area contributed by atoms with E-state index in [9.17, 15) is 13.2 Å². The Balaban J connectivity index is 1.64. The first-order valence-corrected chi connectivity index (χ1v) is 11.2. The van der Waals surface area contributed by atoms with Crippen LogP contribution >= 0.6 is 0 Å². The van der Waals surface area contributed by atoms with Gasteiger partial charge in [0.2, 0.25) is 10.0 Å². The highest BCUT2D eigenvalue weighted by atomic mass is 32.2. The number of aromatic nitrogens is 2. The van der Waals surface area contributed by atoms with Crippen LogP contribution in [0, 0.1) is 0 Å². The molecule has 0 N–H and O–H groups in total. The molecule has 0 spiro atoms. The first-order valence-electron chi connectivity index (χ1n) is 9.72. The highest BCUT2D eigenvalue weighted by molar-refractivity contribution is 7.89. The summed E-state index contributed by atoms with van der Waals surface area (Å²) >= 11 is 0. The van der Waals surface area contributed by atoms with Crippen LogP contribution < -0.4 is 0 Å². The number of carbonyl (C=O) groups excluding carboxylic acids is 1. The molecule has 1 aromatic carbocycles. The minimum absolute atomic E-state index is 0.118. The van der Waals surface area contributed by atoms with Crippen molar-refractivity contribution in [3.63, 3.8) is 0 Å². The van der Waals surface area contributed by atoms with E-state index in [-0.39, 0.29) is 53.7 Å². The zero-order valence-electron chi connectivity index (χ0n) is 17.8. The maximum Gasteiger partial charge on any atom is 0.338 e. The third-order valence-electron chi connectivity index (χ3n) is 4.58. The van der Waals surface area contributed by atoms with Gasteiger partial charge in [-0.1, -0.05) is 25.9 Å². The van der Waals surface area contributed by atoms with Crippen LogP contribution in [0.25, 0.3) is 0 Å². The lowest BCUT2D eigenvalue weighted by atomic mass is 9.96. The fourth-order valence-corrected chi connectivity index (χ4v) is 4.66. The number of nitrogens with zero attached hydrogens (tertiary/aromatic N) is 3. The number of rotatable bonds is 5. The topological polar surface area (TPSA) is 112 Å². The summed E-state index contributed by atoms with van der Waals surface area (Å²) in [5.74, 6) is 0.112. The molecular weight excluding hydrogens is 410 g/mol. The predicted molar refractivity (Wildman–Crippen MR) is 107 cm³/mol. The van der Waals surface area contributed by atoms with Crippen molar-refractivity contribution in [1.82, 2.24) is 14.4 Å². The second kappa shape index (κ2) is 8.44. The number of esters is 1. The van der Waals surface area contributed by atoms with Crippen molar-refractivity contribution in [3.05, 3.63) is 41.5 Å². The molecule has 1 aliphatic heterocycles. The predicted octanol–water partition coefficient (Wildman–Crippen LogP) is 2.52. The van der Waals surface area contributed by atoms with E-state index in [0.717, 1.165) is 0 Å². The molecule has 2 aromatic rings. The van der Waals surface area contributed by atoms with E-state index in [1.165, 1.54) is 28.6 Å². The zero-order chi connectivity index (χ0) is 22.1. The Labute approximate surface area is 176 Å². The quantitative estimate of drug-likeness (QED) is 0.656. The van der Waals surface area contributed by atoms with E-state index < -0.39 is 16.0 Å². The molecule has 2 atom stereocenters. The second-order valence-corrected chi connectivity index (χ2v) is 10.4. The van der Waals surface area contributed by atoms with Crippen molar-refractivity contribution in [2.75, 3.05) is 13.1 Å². The lowest BCUT2D eigenvalue weighted by molar-refractivity contribution is -0.0440. The molecule has 164 valence electrons. The second-order valence-electron chi connectivity index (χ2n) is 8.44. The third-order valence-corrected chi connectivity index (χ3v) is 6.43. The molecule has 0 bridgehead atoms. The van der Waals surface area contributed by atoms with Crippen molar-refractivity contribution >= 4 is 16.0 Å². The van der Waals surface area contributed by atoms with Crippen molar-refractivity contribution in [1.29, 1.82) is 0 Å². The van der Waals surface area contributed by atoms with Crippen LogP contribution in [0.5, 0.6) is 0 Å². The number of hydrogen-bond acceptors (Lipinski definition) is 8. The van der Waals surface area contributed by atoms with Crippen LogP contribution in [0.15, 0.2) is 33.7 Å². The maximum absolute atomic E-state index is 12.9. The van der Waals surface area contributed by atoms with E-state index in [1.807, 2.05) is 34.6 Å². The molecule has 0 saturated carbocycles. The van der Waals surface area contributed by atoms with Gasteiger partial charge in [0.25, 0.3) is 5.89 Å². The molecule has 9 nitrogen and oxygen atoms in total. The van der Waals surface area contributed by atoms with Gasteiger partial charge in [0, 0.05) is 18.5 Å². The molecule has 10 heteroatoms. The molecule has 0 radical (unpaired) electrons. The Hall–Kier alpha value is -2.30. The molecule has 0 aliphatic carbocycles. The van der Waals surface area contributed by atoms with Crippen molar-refractivity contribution in [3.8, 4) is 0 Å². The van der Waals surface area contributed by atoms with Gasteiger partial charge in [0.15, 0.2) is 12.4 Å². The SMILES string of the molecule is CC1CN(S(=O)(=O)c2ccc(C(=O)OCc3nc(C(C)(C)C)no3)cc2)CC(C)O1. The molecule has 1 aliphatic rings. The molecule has 2 heterocycles. The summed E-state index contributed by atoms with van der Waals surface area (Å²) in [5, 5.41) is 3.87. The Morgan fingerprint density at radius 1 is 1.17 bits per heavy atom. The first kappa shape index (κ1) is 22.4. The Kier molecular flexibility index (Phi) is 6.30. The maximum atomic E-state index is 12.9. The fourth-order valence-electron chi connectivity index (χ4n) is 3.07. The number of sulfonamides is 1. The van der Waals surface area contributed by atoms with Crippen LogP contribution in [0.2, 0.25) is 0 Å². The number of carbonyl (C=O) groups is 1. The van der Waals surface area contributed by atoms with Crippen molar-refractivity contribution in [2.24, 2.45) is 0 Å². The van der Waals surface area contributed by atoms with Crippen LogP contribution in [-0.2, 0) is 31.5 Å². The van der Waals surface area contributed by atoms with Gasteiger partial charge >= 0.3 is 5.97 Å². The highest BCUT2D eigenvalue weighted by Gasteiger charge is 2.32. The summed E-state index contributed by atoms with van der Waals surface area (Å²) in [5.41, 5.74) is -0.0448. The van der Waals surface area contributed by atoms with Crippen molar-refractivity contribution < 1.29 is 27.2 Å². The molecular formula is C20H27N3O6S. The Morgan fingerprint density at radius 3 is 2.30 bits per heavy atom. The van der Waals surface area contributed by atoms with Crippen LogP contribution in [-0.4, -0.2) is 54.1 Å². The average molecular weight is 438 g/mol. The van der Waals surface area contributed by atoms with Crippen LogP contribution in [0.4, 0.5) is 0 Å². The van der Waals surface area contributed by atoms with Crippen LogP contribution in [0.3, 0.4) is 0 Å². The van der Waals surface area contributed by atoms with E-state index in [2.05, 4.69) is 10.1 Å². The smallest absolute Gasteiger partial charge is 0.338 e. The normalized spacial score (nSPS) is 20.8. The van der Waals surface area contributed by atoms with Gasteiger partial charge in [-0.25, -0.2) is 13.2 Å². The summed E-state index contributed by atoms with van der Waals surface area (Å²) in [6.45, 7) is 9.93. The molecule has 0 amide bonds. The van der Waals surface area contributed by atoms with Gasteiger partial charge in [0.1, 0.15) is 0 Å². The number of benzene rings is 1. The average Bonchev–Trinajstić information content (AvgIpc) is 3.15. The molecule has 1 fully saturated rings. The molecule has 2 unspecified atom stereocenters. The van der Waals surface area contributed by atoms with E-state index in [4.69, 9.17) is 14.0 Å². The summed E-state index contributed by atoms with van der Waals surface area (Å²) < 4.78 is 43.1. The van der Waals surface area contributed by atoms with E-state index >= 15 is 0 Å². The number of ether oxygens (including phenoxy) is 2. The Morgan fingerprint density at radius 2 is 1.77 bits per heavy atom. The summed E-state index contributed by atoms with van der Waals surface area (Å²) in [4.78, 5) is 16.6. The largest absolute Gasteiger partial charge is 0.452 e. The van der Waals surface area contributed by atoms with Gasteiger partial charge in [-0.3, -0.25) is 0 Å². The highest BCUT2D eigenvalue weighted by Crippen LogP contribution is 2.22. The van der Waals surface area contributed by atoms with Gasteiger partial charge in [-0.2, -0.15) is 9.29 Å². The Bertz CT molecular complexity index is 984. The van der Waals surface area contributed by atoms with Crippen molar-refractivity contribution in [2.45, 2.75) is 63.7 Å².